The van der Waals surface area contributed by atoms with Crippen LogP contribution in [0.4, 0.5) is 5.69 Å². The summed E-state index contributed by atoms with van der Waals surface area (Å²) >= 11 is 1.18. The van der Waals surface area contributed by atoms with E-state index < -0.39 is 5.97 Å². The minimum absolute atomic E-state index is 0. The zero-order valence-electron chi connectivity index (χ0n) is 9.15. The monoisotopic (exact) mass is 263 g/mol. The van der Waals surface area contributed by atoms with Crippen LogP contribution in [-0.2, 0) is 9.59 Å². The fourth-order valence-corrected chi connectivity index (χ4v) is 1.59. The molecule has 0 aliphatic rings. The minimum atomic E-state index is -1.09. The van der Waals surface area contributed by atoms with E-state index in [0.29, 0.717) is 5.69 Å². The number of amides is 1. The topological polar surface area (TPSA) is 69.2 Å². The number of carbonyl (C=O) groups is 2. The molecule has 0 saturated carbocycles. The van der Waals surface area contributed by atoms with Crippen molar-refractivity contribution in [1.29, 1.82) is 0 Å². The zero-order valence-corrected chi connectivity index (χ0v) is 13.1. The van der Waals surface area contributed by atoms with Gasteiger partial charge < -0.3 is 15.2 Å². The number of anilines is 1. The predicted molar refractivity (Wildman–Crippen MR) is 62.2 cm³/mol. The Labute approximate surface area is 141 Å². The Balaban J connectivity index is 0.00000225. The van der Waals surface area contributed by atoms with Gasteiger partial charge in [-0.05, 0) is 24.3 Å². The molecule has 4 nitrogen and oxygen atoms in total. The Morgan fingerprint density at radius 1 is 1.31 bits per heavy atom. The van der Waals surface area contributed by atoms with Crippen molar-refractivity contribution >= 4 is 80.7 Å². The first-order valence-electron chi connectivity index (χ1n) is 4.28. The van der Waals surface area contributed by atoms with Crippen LogP contribution in [0.5, 0.6) is 0 Å². The van der Waals surface area contributed by atoms with Crippen LogP contribution in [0.25, 0.3) is 0 Å². The number of nitrogens with one attached hydrogen (secondary N) is 1. The second kappa shape index (κ2) is 8.27. The summed E-state index contributed by atoms with van der Waals surface area (Å²) in [5.74, 6) is -1.30. The third kappa shape index (κ3) is 6.67. The molecule has 0 saturated heterocycles. The van der Waals surface area contributed by atoms with E-state index in [9.17, 15) is 14.7 Å². The van der Waals surface area contributed by atoms with Crippen molar-refractivity contribution in [2.75, 3.05) is 11.1 Å². The number of carboxylic acid groups (broad SMARTS) is 1. The minimum Gasteiger partial charge on any atom is -0.549 e. The number of carbonyl (C=O) groups excluding carboxylic acids is 2. The van der Waals surface area contributed by atoms with Gasteiger partial charge in [-0.15, -0.1) is 11.8 Å². The molecule has 0 bridgehead atoms. The van der Waals surface area contributed by atoms with Crippen LogP contribution in [0.15, 0.2) is 29.2 Å². The van der Waals surface area contributed by atoms with Gasteiger partial charge in [-0.25, -0.2) is 0 Å². The summed E-state index contributed by atoms with van der Waals surface area (Å²) in [6.45, 7) is 1.43. The molecule has 0 atom stereocenters. The van der Waals surface area contributed by atoms with Gasteiger partial charge in [0.15, 0.2) is 0 Å². The van der Waals surface area contributed by atoms with Crippen LogP contribution in [0.3, 0.4) is 0 Å². The molecule has 81 valence electrons. The number of thioether (sulfide) groups is 1. The molecule has 0 fully saturated rings. The molecular weight excluding hydrogens is 253 g/mol. The van der Waals surface area contributed by atoms with Gasteiger partial charge in [0.1, 0.15) is 0 Å². The molecule has 1 amide bonds. The molecule has 1 N–H and O–H groups in total. The van der Waals surface area contributed by atoms with Crippen molar-refractivity contribution < 1.29 is 14.7 Å². The predicted octanol–water partition coefficient (Wildman–Crippen LogP) is 0.106. The molecule has 6 heteroatoms. The second-order valence-electron chi connectivity index (χ2n) is 2.87. The van der Waals surface area contributed by atoms with Gasteiger partial charge in [-0.3, -0.25) is 4.79 Å². The van der Waals surface area contributed by atoms with Gasteiger partial charge >= 0.3 is 0 Å². The van der Waals surface area contributed by atoms with Crippen LogP contribution in [0, 0.1) is 0 Å². The molecule has 1 radical (unpaired) electrons. The SMILES string of the molecule is CC(=O)Nc1ccc(SCC(=O)[O-])cc1.[K]. The fraction of sp³-hybridized carbons (Fsp3) is 0.200. The maximum absolute atomic E-state index is 10.7. The summed E-state index contributed by atoms with van der Waals surface area (Å²) in [6.07, 6.45) is 0. The molecule has 0 aliphatic carbocycles. The van der Waals surface area contributed by atoms with Gasteiger partial charge in [-0.1, -0.05) is 0 Å². The first-order chi connectivity index (χ1) is 7.08. The van der Waals surface area contributed by atoms with Crippen molar-refractivity contribution in [1.82, 2.24) is 0 Å². The molecule has 0 heterocycles. The summed E-state index contributed by atoms with van der Waals surface area (Å²) in [5.41, 5.74) is 0.695. The van der Waals surface area contributed by atoms with Gasteiger partial charge in [0.2, 0.25) is 5.91 Å². The van der Waals surface area contributed by atoms with E-state index >= 15 is 0 Å². The first kappa shape index (κ1) is 16.1. The Bertz CT molecular complexity index is 367. The number of aliphatic carboxylic acids is 1. The maximum atomic E-state index is 10.7. The Morgan fingerprint density at radius 2 is 1.88 bits per heavy atom. The first-order valence-corrected chi connectivity index (χ1v) is 5.27. The summed E-state index contributed by atoms with van der Waals surface area (Å²) in [6, 6.07) is 6.94. The number of hydrogen-bond donors (Lipinski definition) is 1. The van der Waals surface area contributed by atoms with Gasteiger partial charge in [0, 0.05) is 74.6 Å². The summed E-state index contributed by atoms with van der Waals surface area (Å²) < 4.78 is 0. The van der Waals surface area contributed by atoms with Gasteiger partial charge in [0.05, 0.1) is 5.97 Å². The van der Waals surface area contributed by atoms with E-state index in [4.69, 9.17) is 0 Å². The summed E-state index contributed by atoms with van der Waals surface area (Å²) in [4.78, 5) is 21.7. The van der Waals surface area contributed by atoms with Gasteiger partial charge in [0.25, 0.3) is 0 Å². The molecule has 0 spiro atoms. The molecular formula is C10H10KNO3S-. The molecule has 1 aromatic rings. The van der Waals surface area contributed by atoms with Crippen molar-refractivity contribution in [3.8, 4) is 0 Å². The van der Waals surface area contributed by atoms with E-state index in [2.05, 4.69) is 5.32 Å². The molecule has 1 rings (SSSR count). The fourth-order valence-electron chi connectivity index (χ4n) is 0.980. The quantitative estimate of drug-likeness (QED) is 0.618. The summed E-state index contributed by atoms with van der Waals surface area (Å²) in [5, 5.41) is 12.8. The number of rotatable bonds is 4. The van der Waals surface area contributed by atoms with E-state index in [1.165, 1.54) is 18.7 Å². The Kier molecular flexibility index (Phi) is 8.34. The number of benzene rings is 1. The number of carboxylic acids is 1. The average Bonchev–Trinajstić information content (AvgIpc) is 2.16. The Morgan fingerprint density at radius 3 is 2.31 bits per heavy atom. The van der Waals surface area contributed by atoms with Crippen LogP contribution in [-0.4, -0.2) is 69.0 Å². The van der Waals surface area contributed by atoms with Crippen molar-refractivity contribution in [2.24, 2.45) is 0 Å². The molecule has 0 unspecified atom stereocenters. The third-order valence-corrected chi connectivity index (χ3v) is 2.52. The largest absolute Gasteiger partial charge is 0.549 e. The van der Waals surface area contributed by atoms with Crippen LogP contribution >= 0.6 is 11.8 Å². The van der Waals surface area contributed by atoms with Crippen molar-refractivity contribution in [3.63, 3.8) is 0 Å². The Hall–Kier alpha value is 0.146. The van der Waals surface area contributed by atoms with Crippen LogP contribution in [0.1, 0.15) is 6.92 Å². The maximum Gasteiger partial charge on any atom is 0.221 e. The van der Waals surface area contributed by atoms with E-state index in [-0.39, 0.29) is 63.0 Å². The average molecular weight is 263 g/mol. The smallest absolute Gasteiger partial charge is 0.221 e. The molecule has 16 heavy (non-hydrogen) atoms. The van der Waals surface area contributed by atoms with Crippen molar-refractivity contribution in [2.45, 2.75) is 11.8 Å². The third-order valence-electron chi connectivity index (χ3n) is 1.53. The molecule has 0 aliphatic heterocycles. The van der Waals surface area contributed by atoms with E-state index in [1.54, 1.807) is 24.3 Å². The second-order valence-corrected chi connectivity index (χ2v) is 3.92. The van der Waals surface area contributed by atoms with Gasteiger partial charge in [-0.2, -0.15) is 0 Å². The van der Waals surface area contributed by atoms with E-state index in [0.717, 1.165) is 4.90 Å². The molecule has 1 aromatic carbocycles. The summed E-state index contributed by atoms with van der Waals surface area (Å²) in [7, 11) is 0. The van der Waals surface area contributed by atoms with Crippen molar-refractivity contribution in [3.05, 3.63) is 24.3 Å². The van der Waals surface area contributed by atoms with Crippen LogP contribution < -0.4 is 10.4 Å². The zero-order chi connectivity index (χ0) is 11.3. The standard InChI is InChI=1S/C10H11NO3S.K/c1-7(12)11-8-2-4-9(5-3-8)15-6-10(13)14;/h2-5H,6H2,1H3,(H,11,12)(H,13,14);/p-1. The van der Waals surface area contributed by atoms with Crippen LogP contribution in [0.2, 0.25) is 0 Å². The number of hydrogen-bond acceptors (Lipinski definition) is 4. The van der Waals surface area contributed by atoms with E-state index in [1.807, 2.05) is 0 Å². The molecule has 0 aromatic heterocycles. The normalized spacial score (nSPS) is 9.06.